The Bertz CT molecular complexity index is 502. The van der Waals surface area contributed by atoms with Gasteiger partial charge in [-0.05, 0) is 24.6 Å². The van der Waals surface area contributed by atoms with E-state index in [1.807, 2.05) is 13.1 Å². The second-order valence-corrected chi connectivity index (χ2v) is 4.05. The van der Waals surface area contributed by atoms with Gasteiger partial charge in [-0.25, -0.2) is 4.39 Å². The molecule has 2 aromatic rings. The molecule has 0 radical (unpaired) electrons. The fourth-order valence-electron chi connectivity index (χ4n) is 1.44. The molecule has 5 heteroatoms. The molecule has 1 aromatic carbocycles. The Morgan fingerprint density at radius 2 is 2.25 bits per heavy atom. The van der Waals surface area contributed by atoms with E-state index in [4.69, 9.17) is 17.3 Å². The van der Waals surface area contributed by atoms with Crippen molar-refractivity contribution in [2.75, 3.05) is 5.73 Å². The molecule has 2 N–H and O–H groups in total. The summed E-state index contributed by atoms with van der Waals surface area (Å²) in [7, 11) is 0. The van der Waals surface area contributed by atoms with E-state index < -0.39 is 5.82 Å². The third kappa shape index (κ3) is 2.17. The van der Waals surface area contributed by atoms with Gasteiger partial charge in [-0.3, -0.25) is 4.68 Å². The van der Waals surface area contributed by atoms with Gasteiger partial charge < -0.3 is 5.73 Å². The van der Waals surface area contributed by atoms with E-state index in [1.54, 1.807) is 16.8 Å². The van der Waals surface area contributed by atoms with Crippen molar-refractivity contribution in [1.82, 2.24) is 9.78 Å². The van der Waals surface area contributed by atoms with Gasteiger partial charge in [0.15, 0.2) is 0 Å². The average molecular weight is 240 g/mol. The van der Waals surface area contributed by atoms with Crippen LogP contribution in [0.4, 0.5) is 10.2 Å². The molecule has 0 bridgehead atoms. The summed E-state index contributed by atoms with van der Waals surface area (Å²) in [5.74, 6) is 0.0924. The van der Waals surface area contributed by atoms with Crippen LogP contribution < -0.4 is 5.73 Å². The number of anilines is 1. The highest BCUT2D eigenvalue weighted by Crippen LogP contribution is 2.17. The maximum atomic E-state index is 12.9. The quantitative estimate of drug-likeness (QED) is 0.876. The summed E-state index contributed by atoms with van der Waals surface area (Å²) in [5.41, 5.74) is 7.44. The number of nitrogens with two attached hydrogens (primary N) is 1. The summed E-state index contributed by atoms with van der Waals surface area (Å²) in [4.78, 5) is 0. The van der Waals surface area contributed by atoms with Gasteiger partial charge in [-0.2, -0.15) is 5.10 Å². The number of hydrogen-bond acceptors (Lipinski definition) is 2. The van der Waals surface area contributed by atoms with Crippen LogP contribution in [0, 0.1) is 12.7 Å². The zero-order chi connectivity index (χ0) is 11.7. The number of halogens is 2. The van der Waals surface area contributed by atoms with Gasteiger partial charge in [0.1, 0.15) is 11.6 Å². The third-order valence-electron chi connectivity index (χ3n) is 2.31. The number of benzene rings is 1. The van der Waals surface area contributed by atoms with Crippen LogP contribution in [0.25, 0.3) is 0 Å². The van der Waals surface area contributed by atoms with Crippen molar-refractivity contribution < 1.29 is 4.39 Å². The van der Waals surface area contributed by atoms with Gasteiger partial charge in [0.05, 0.1) is 11.6 Å². The summed E-state index contributed by atoms with van der Waals surface area (Å²) < 4.78 is 14.6. The van der Waals surface area contributed by atoms with Crippen LogP contribution in [0.15, 0.2) is 24.4 Å². The minimum atomic E-state index is -0.415. The van der Waals surface area contributed by atoms with Gasteiger partial charge in [0.25, 0.3) is 0 Å². The van der Waals surface area contributed by atoms with Gasteiger partial charge >= 0.3 is 0 Å². The Morgan fingerprint density at radius 3 is 2.81 bits per heavy atom. The Kier molecular flexibility index (Phi) is 2.83. The smallest absolute Gasteiger partial charge is 0.148 e. The molecule has 0 unspecified atom stereocenters. The maximum Gasteiger partial charge on any atom is 0.148 e. The number of aryl methyl sites for hydroxylation is 1. The van der Waals surface area contributed by atoms with Crippen molar-refractivity contribution >= 4 is 17.4 Å². The molecule has 2 rings (SSSR count). The fraction of sp³-hybridized carbons (Fsp3) is 0.182. The lowest BCUT2D eigenvalue weighted by Gasteiger charge is -2.02. The molecule has 16 heavy (non-hydrogen) atoms. The topological polar surface area (TPSA) is 43.8 Å². The minimum absolute atomic E-state index is 0.120. The molecular formula is C11H11ClFN3. The zero-order valence-electron chi connectivity index (χ0n) is 8.74. The first-order valence-corrected chi connectivity index (χ1v) is 5.17. The van der Waals surface area contributed by atoms with Crippen LogP contribution in [0.1, 0.15) is 11.1 Å². The first-order valence-electron chi connectivity index (χ1n) is 4.79. The summed E-state index contributed by atoms with van der Waals surface area (Å²) in [6.45, 7) is 2.41. The number of nitrogens with zero attached hydrogens (tertiary/aromatic N) is 2. The van der Waals surface area contributed by atoms with Crippen molar-refractivity contribution in [3.05, 3.63) is 46.4 Å². The number of nitrogen functional groups attached to an aromatic ring is 1. The molecule has 84 valence electrons. The molecule has 0 fully saturated rings. The lowest BCUT2D eigenvalue weighted by atomic mass is 10.2. The Labute approximate surface area is 97.6 Å². The predicted molar refractivity (Wildman–Crippen MR) is 61.9 cm³/mol. The van der Waals surface area contributed by atoms with Crippen molar-refractivity contribution in [2.24, 2.45) is 0 Å². The maximum absolute atomic E-state index is 12.9. The van der Waals surface area contributed by atoms with E-state index in [9.17, 15) is 4.39 Å². The lowest BCUT2D eigenvalue weighted by Crippen LogP contribution is -2.01. The van der Waals surface area contributed by atoms with E-state index in [0.29, 0.717) is 12.4 Å². The minimum Gasteiger partial charge on any atom is -0.382 e. The van der Waals surface area contributed by atoms with E-state index in [-0.39, 0.29) is 5.02 Å². The number of aromatic nitrogens is 2. The molecule has 1 heterocycles. The van der Waals surface area contributed by atoms with E-state index >= 15 is 0 Å². The summed E-state index contributed by atoms with van der Waals surface area (Å²) in [6.07, 6.45) is 1.84. The number of rotatable bonds is 2. The molecule has 0 aliphatic rings. The van der Waals surface area contributed by atoms with Crippen molar-refractivity contribution in [3.8, 4) is 0 Å². The lowest BCUT2D eigenvalue weighted by molar-refractivity contribution is 0.625. The molecular weight excluding hydrogens is 229 g/mol. The van der Waals surface area contributed by atoms with Gasteiger partial charge in [0, 0.05) is 11.8 Å². The summed E-state index contributed by atoms with van der Waals surface area (Å²) in [6, 6.07) is 4.61. The number of hydrogen-bond donors (Lipinski definition) is 1. The molecule has 0 atom stereocenters. The molecule has 1 aromatic heterocycles. The van der Waals surface area contributed by atoms with Crippen LogP contribution in [-0.2, 0) is 6.54 Å². The van der Waals surface area contributed by atoms with Gasteiger partial charge in [-0.1, -0.05) is 17.7 Å². The monoisotopic (exact) mass is 239 g/mol. The molecule has 0 aliphatic heterocycles. The van der Waals surface area contributed by atoms with Gasteiger partial charge in [-0.15, -0.1) is 0 Å². The Morgan fingerprint density at radius 1 is 1.50 bits per heavy atom. The second-order valence-electron chi connectivity index (χ2n) is 3.64. The van der Waals surface area contributed by atoms with Crippen molar-refractivity contribution in [2.45, 2.75) is 13.5 Å². The molecule has 0 saturated heterocycles. The summed E-state index contributed by atoms with van der Waals surface area (Å²) in [5, 5.41) is 4.23. The average Bonchev–Trinajstić information content (AvgIpc) is 2.52. The zero-order valence-corrected chi connectivity index (χ0v) is 9.50. The molecule has 3 nitrogen and oxygen atoms in total. The SMILES string of the molecule is Cc1cn(Cc2ccc(F)c(Cl)c2)nc1N. The highest BCUT2D eigenvalue weighted by molar-refractivity contribution is 6.30. The first-order chi connectivity index (χ1) is 7.56. The van der Waals surface area contributed by atoms with Crippen LogP contribution in [-0.4, -0.2) is 9.78 Å². The van der Waals surface area contributed by atoms with Crippen LogP contribution in [0.5, 0.6) is 0 Å². The molecule has 0 spiro atoms. The Hall–Kier alpha value is -1.55. The molecule has 0 saturated carbocycles. The van der Waals surface area contributed by atoms with E-state index in [1.165, 1.54) is 6.07 Å². The standard InChI is InChI=1S/C11H11ClFN3/c1-7-5-16(15-11(7)14)6-8-2-3-10(13)9(12)4-8/h2-5H,6H2,1H3,(H2,14,15). The molecule has 0 amide bonds. The highest BCUT2D eigenvalue weighted by atomic mass is 35.5. The fourth-order valence-corrected chi connectivity index (χ4v) is 1.64. The van der Waals surface area contributed by atoms with Crippen molar-refractivity contribution in [3.63, 3.8) is 0 Å². The van der Waals surface area contributed by atoms with Crippen LogP contribution in [0.3, 0.4) is 0 Å². The van der Waals surface area contributed by atoms with Gasteiger partial charge in [0.2, 0.25) is 0 Å². The van der Waals surface area contributed by atoms with Crippen molar-refractivity contribution in [1.29, 1.82) is 0 Å². The Balaban J connectivity index is 2.23. The predicted octanol–water partition coefficient (Wildman–Crippen LogP) is 2.61. The van der Waals surface area contributed by atoms with E-state index in [0.717, 1.165) is 11.1 Å². The second kappa shape index (κ2) is 4.14. The van der Waals surface area contributed by atoms with Crippen LogP contribution >= 0.6 is 11.6 Å². The summed E-state index contributed by atoms with van der Waals surface area (Å²) >= 11 is 5.69. The normalized spacial score (nSPS) is 10.7. The first kappa shape index (κ1) is 11.0. The third-order valence-corrected chi connectivity index (χ3v) is 2.60. The highest BCUT2D eigenvalue weighted by Gasteiger charge is 2.04. The molecule has 0 aliphatic carbocycles. The van der Waals surface area contributed by atoms with Crippen LogP contribution in [0.2, 0.25) is 5.02 Å². The van der Waals surface area contributed by atoms with E-state index in [2.05, 4.69) is 5.10 Å². The largest absolute Gasteiger partial charge is 0.382 e.